The third kappa shape index (κ3) is 10.4. The molecule has 4 aromatic rings. The number of rotatable bonds is 13. The van der Waals surface area contributed by atoms with E-state index in [1.54, 1.807) is 28.9 Å². The Morgan fingerprint density at radius 2 is 1.71 bits per heavy atom. The zero-order valence-electron chi connectivity index (χ0n) is 30.9. The number of benzene rings is 2. The minimum absolute atomic E-state index is 0.00317. The van der Waals surface area contributed by atoms with Gasteiger partial charge >= 0.3 is 0 Å². The molecule has 2 aromatic carbocycles. The van der Waals surface area contributed by atoms with Crippen LogP contribution in [0.5, 0.6) is 0 Å². The van der Waals surface area contributed by atoms with Crippen LogP contribution in [0.4, 0.5) is 0 Å². The zero-order chi connectivity index (χ0) is 37.4. The molecule has 0 saturated carbocycles. The van der Waals surface area contributed by atoms with E-state index in [9.17, 15) is 19.5 Å². The number of aryl methyl sites for hydroxylation is 1. The summed E-state index contributed by atoms with van der Waals surface area (Å²) in [5, 5.41) is 23.0. The molecule has 2 aromatic heterocycles. The second-order valence-corrected chi connectivity index (χ2v) is 16.1. The Morgan fingerprint density at radius 1 is 0.981 bits per heavy atom. The number of carbonyl (C=O) groups is 3. The van der Waals surface area contributed by atoms with E-state index in [1.165, 1.54) is 0 Å². The normalized spacial score (nSPS) is 18.0. The number of hydrogen-bond donors (Lipinski definition) is 4. The lowest BCUT2D eigenvalue weighted by Crippen LogP contribution is -2.61. The summed E-state index contributed by atoms with van der Waals surface area (Å²) in [6.45, 7) is 12.2. The highest BCUT2D eigenvalue weighted by molar-refractivity contribution is 7.99. The number of pyridine rings is 1. The highest BCUT2D eigenvalue weighted by Gasteiger charge is 2.38. The summed E-state index contributed by atoms with van der Waals surface area (Å²) in [6, 6.07) is 20.4. The second-order valence-electron chi connectivity index (χ2n) is 14.8. The van der Waals surface area contributed by atoms with E-state index < -0.39 is 41.6 Å². The van der Waals surface area contributed by atoms with Crippen molar-refractivity contribution < 1.29 is 19.5 Å². The summed E-state index contributed by atoms with van der Waals surface area (Å²) >= 11 is 1.59. The Morgan fingerprint density at radius 3 is 2.42 bits per heavy atom. The van der Waals surface area contributed by atoms with Crippen molar-refractivity contribution in [3.8, 4) is 0 Å². The van der Waals surface area contributed by atoms with Gasteiger partial charge in [-0.1, -0.05) is 80.2 Å². The first kappa shape index (κ1) is 38.8. The fourth-order valence-electron chi connectivity index (χ4n) is 6.37. The van der Waals surface area contributed by atoms with E-state index in [4.69, 9.17) is 0 Å². The van der Waals surface area contributed by atoms with Crippen LogP contribution >= 0.6 is 11.8 Å². The molecule has 52 heavy (non-hydrogen) atoms. The topological polar surface area (TPSA) is 149 Å². The summed E-state index contributed by atoms with van der Waals surface area (Å²) in [4.78, 5) is 56.7. The maximum Gasteiger partial charge on any atom is 0.270 e. The molecule has 1 aliphatic heterocycles. The lowest BCUT2D eigenvalue weighted by atomic mass is 9.95. The van der Waals surface area contributed by atoms with Gasteiger partial charge in [0.25, 0.3) is 5.91 Å². The standard InChI is InChI=1S/C40H51N7O4S/c1-25(2)35(46-36(49)31-17-16-28-14-10-11-15-30(28)44-31)37(50)45-32(22-27-12-8-7-9-13-27)34(48)24-47(40(4,5)6)38(51)33-23-29(19-21-41-33)52-39-42-20-18-26(3)43-39/h7-18,20,25,29,32-35,41,48H,19,21-24H2,1-6H3,(H,45,50)(H,46,49)/t29-,32+,33?,34-,35+/m1/s1. The zero-order valence-corrected chi connectivity index (χ0v) is 31.7. The Labute approximate surface area is 310 Å². The largest absolute Gasteiger partial charge is 0.389 e. The highest BCUT2D eigenvalue weighted by atomic mass is 32.2. The van der Waals surface area contributed by atoms with Gasteiger partial charge < -0.3 is 26.0 Å². The van der Waals surface area contributed by atoms with Crippen LogP contribution in [0, 0.1) is 12.8 Å². The van der Waals surface area contributed by atoms with Crippen LogP contribution in [0.25, 0.3) is 10.9 Å². The third-order valence-corrected chi connectivity index (χ3v) is 10.5. The van der Waals surface area contributed by atoms with Gasteiger partial charge in [-0.25, -0.2) is 15.0 Å². The first-order valence-electron chi connectivity index (χ1n) is 18.0. The summed E-state index contributed by atoms with van der Waals surface area (Å²) in [7, 11) is 0. The van der Waals surface area contributed by atoms with Crippen LogP contribution in [0.2, 0.25) is 0 Å². The Balaban J connectivity index is 1.31. The van der Waals surface area contributed by atoms with Gasteiger partial charge in [-0.15, -0.1) is 0 Å². The quantitative estimate of drug-likeness (QED) is 0.144. The maximum absolute atomic E-state index is 14.2. The van der Waals surface area contributed by atoms with Crippen LogP contribution in [-0.4, -0.2) is 90.8 Å². The Bertz CT molecular complexity index is 1830. The molecule has 3 amide bonds. The molecule has 0 bridgehead atoms. The minimum atomic E-state index is -1.12. The smallest absolute Gasteiger partial charge is 0.270 e. The first-order chi connectivity index (χ1) is 24.8. The number of aliphatic hydroxyl groups is 1. The lowest BCUT2D eigenvalue weighted by Gasteiger charge is -2.42. The molecule has 0 radical (unpaired) electrons. The number of nitrogens with zero attached hydrogens (tertiary/aromatic N) is 4. The number of hydrogen-bond acceptors (Lipinski definition) is 9. The lowest BCUT2D eigenvalue weighted by molar-refractivity contribution is -0.141. The van der Waals surface area contributed by atoms with Gasteiger partial charge in [0.15, 0.2) is 5.16 Å². The molecule has 5 rings (SSSR count). The third-order valence-electron chi connectivity index (χ3n) is 9.30. The van der Waals surface area contributed by atoms with Crippen molar-refractivity contribution in [2.75, 3.05) is 13.1 Å². The molecule has 1 aliphatic rings. The van der Waals surface area contributed by atoms with Crippen molar-refractivity contribution >= 4 is 40.4 Å². The van der Waals surface area contributed by atoms with E-state index in [1.807, 2.05) is 108 Å². The van der Waals surface area contributed by atoms with E-state index in [0.29, 0.717) is 30.1 Å². The van der Waals surface area contributed by atoms with E-state index in [2.05, 4.69) is 30.9 Å². The van der Waals surface area contributed by atoms with Crippen LogP contribution in [0.1, 0.15) is 69.2 Å². The van der Waals surface area contributed by atoms with Crippen molar-refractivity contribution in [1.29, 1.82) is 0 Å². The van der Waals surface area contributed by atoms with E-state index in [-0.39, 0.29) is 29.3 Å². The molecule has 276 valence electrons. The van der Waals surface area contributed by atoms with Gasteiger partial charge in [-0.3, -0.25) is 14.4 Å². The SMILES string of the molecule is Cc1ccnc(S[C@@H]2CCNC(C(=O)N(C[C@@H](O)[C@H](Cc3ccccc3)NC(=O)[C@@H](NC(=O)c3ccc4ccccc4n3)C(C)C)C(C)(C)C)C2)n1. The number of nitrogens with one attached hydrogen (secondary N) is 3. The fourth-order valence-corrected chi connectivity index (χ4v) is 7.51. The molecule has 4 N–H and O–H groups in total. The molecule has 0 spiro atoms. The number of piperidine rings is 1. The van der Waals surface area contributed by atoms with Crippen LogP contribution in [0.3, 0.4) is 0 Å². The number of amides is 3. The predicted octanol–water partition coefficient (Wildman–Crippen LogP) is 4.72. The van der Waals surface area contributed by atoms with Crippen LogP contribution in [-0.2, 0) is 16.0 Å². The molecule has 0 aliphatic carbocycles. The summed E-state index contributed by atoms with van der Waals surface area (Å²) < 4.78 is 0. The number of fused-ring (bicyclic) bond motifs is 1. The second kappa shape index (κ2) is 17.4. The monoisotopic (exact) mass is 725 g/mol. The number of β-amino-alcohol motifs (C(OH)–C–C–N with tert-alkyl or cyclic N) is 1. The van der Waals surface area contributed by atoms with Crippen molar-refractivity contribution in [2.45, 2.75) is 101 Å². The average Bonchev–Trinajstić information content (AvgIpc) is 3.11. The van der Waals surface area contributed by atoms with Gasteiger partial charge in [-0.2, -0.15) is 0 Å². The first-order valence-corrected chi connectivity index (χ1v) is 18.9. The van der Waals surface area contributed by atoms with Crippen molar-refractivity contribution in [2.24, 2.45) is 5.92 Å². The minimum Gasteiger partial charge on any atom is -0.389 e. The molecular formula is C40H51N7O4S. The van der Waals surface area contributed by atoms with Gasteiger partial charge in [-0.05, 0) is 83.2 Å². The predicted molar refractivity (Wildman–Crippen MR) is 205 cm³/mol. The van der Waals surface area contributed by atoms with E-state index >= 15 is 0 Å². The summed E-state index contributed by atoms with van der Waals surface area (Å²) in [6.07, 6.45) is 2.42. The van der Waals surface area contributed by atoms with Crippen molar-refractivity contribution in [1.82, 2.24) is 35.8 Å². The van der Waals surface area contributed by atoms with E-state index in [0.717, 1.165) is 23.1 Å². The summed E-state index contributed by atoms with van der Waals surface area (Å²) in [5.74, 6) is -1.26. The molecule has 12 heteroatoms. The molecule has 1 unspecified atom stereocenters. The molecular weight excluding hydrogens is 675 g/mol. The number of aliphatic hydroxyl groups excluding tert-OH is 1. The van der Waals surface area contributed by atoms with Crippen LogP contribution in [0.15, 0.2) is 84.1 Å². The van der Waals surface area contributed by atoms with Gasteiger partial charge in [0.2, 0.25) is 11.8 Å². The summed E-state index contributed by atoms with van der Waals surface area (Å²) in [5.41, 5.74) is 2.08. The molecule has 3 heterocycles. The van der Waals surface area contributed by atoms with Gasteiger partial charge in [0, 0.05) is 34.6 Å². The van der Waals surface area contributed by atoms with Gasteiger partial charge in [0.1, 0.15) is 11.7 Å². The molecule has 1 saturated heterocycles. The van der Waals surface area contributed by atoms with Gasteiger partial charge in [0.05, 0.1) is 23.7 Å². The Kier molecular flexibility index (Phi) is 13.0. The highest BCUT2D eigenvalue weighted by Crippen LogP contribution is 2.29. The Hall–Kier alpha value is -4.39. The van der Waals surface area contributed by atoms with Crippen molar-refractivity contribution in [3.05, 3.63) is 95.9 Å². The maximum atomic E-state index is 14.2. The fraction of sp³-hybridized carbons (Fsp3) is 0.450. The number of para-hydroxylation sites is 1. The number of thioether (sulfide) groups is 1. The molecule has 11 nitrogen and oxygen atoms in total. The van der Waals surface area contributed by atoms with Crippen LogP contribution < -0.4 is 16.0 Å². The molecule has 1 fully saturated rings. The average molecular weight is 726 g/mol. The number of carbonyl (C=O) groups excluding carboxylic acids is 3. The van der Waals surface area contributed by atoms with Crippen molar-refractivity contribution in [3.63, 3.8) is 0 Å². The molecule has 5 atom stereocenters. The number of aromatic nitrogens is 3.